The zero-order valence-corrected chi connectivity index (χ0v) is 11.1. The zero-order valence-electron chi connectivity index (χ0n) is 10.3. The highest BCUT2D eigenvalue weighted by Crippen LogP contribution is 2.21. The molecule has 2 nitrogen and oxygen atoms in total. The Morgan fingerprint density at radius 2 is 2.18 bits per heavy atom. The van der Waals surface area contributed by atoms with Gasteiger partial charge in [-0.3, -0.25) is 0 Å². The van der Waals surface area contributed by atoms with E-state index in [1.807, 2.05) is 6.92 Å². The minimum atomic E-state index is -0.286. The lowest BCUT2D eigenvalue weighted by atomic mass is 10.1. The molecule has 17 heavy (non-hydrogen) atoms. The van der Waals surface area contributed by atoms with Crippen LogP contribution >= 0.6 is 11.6 Å². The monoisotopic (exact) mass is 259 g/mol. The molecule has 1 rings (SSSR count). The molecule has 0 aliphatic heterocycles. The summed E-state index contributed by atoms with van der Waals surface area (Å²) in [5.41, 5.74) is 0.608. The summed E-state index contributed by atoms with van der Waals surface area (Å²) in [5, 5.41) is 3.69. The van der Waals surface area contributed by atoms with Crippen molar-refractivity contribution in [1.82, 2.24) is 5.32 Å². The first kappa shape index (κ1) is 14.4. The lowest BCUT2D eigenvalue weighted by Crippen LogP contribution is -2.27. The van der Waals surface area contributed by atoms with E-state index < -0.39 is 0 Å². The Hall–Kier alpha value is -0.640. The van der Waals surface area contributed by atoms with Crippen LogP contribution in [-0.4, -0.2) is 19.8 Å². The quantitative estimate of drug-likeness (QED) is 0.809. The van der Waals surface area contributed by atoms with Gasteiger partial charge in [-0.2, -0.15) is 0 Å². The second-order valence-electron chi connectivity index (χ2n) is 3.83. The lowest BCUT2D eigenvalue weighted by molar-refractivity contribution is 0.122. The first-order valence-corrected chi connectivity index (χ1v) is 6.32. The van der Waals surface area contributed by atoms with Gasteiger partial charge in [0.05, 0.1) is 12.6 Å². The van der Waals surface area contributed by atoms with Gasteiger partial charge in [0.15, 0.2) is 0 Å². The lowest BCUT2D eigenvalue weighted by Gasteiger charge is -2.19. The molecule has 0 bridgehead atoms. The molecule has 96 valence electrons. The number of ether oxygens (including phenoxy) is 1. The highest BCUT2D eigenvalue weighted by molar-refractivity contribution is 6.30. The van der Waals surface area contributed by atoms with Gasteiger partial charge in [-0.25, -0.2) is 4.39 Å². The van der Waals surface area contributed by atoms with Crippen molar-refractivity contribution in [2.45, 2.75) is 26.3 Å². The van der Waals surface area contributed by atoms with Gasteiger partial charge in [-0.15, -0.1) is 0 Å². The van der Waals surface area contributed by atoms with Gasteiger partial charge in [0.1, 0.15) is 5.82 Å². The summed E-state index contributed by atoms with van der Waals surface area (Å²) in [6, 6.07) is 4.63. The third-order valence-electron chi connectivity index (χ3n) is 2.47. The van der Waals surface area contributed by atoms with Gasteiger partial charge >= 0.3 is 0 Å². The van der Waals surface area contributed by atoms with Crippen molar-refractivity contribution in [3.05, 3.63) is 34.6 Å². The van der Waals surface area contributed by atoms with E-state index in [0.29, 0.717) is 23.8 Å². The Kier molecular flexibility index (Phi) is 6.48. The number of rotatable bonds is 7. The third-order valence-corrected chi connectivity index (χ3v) is 2.70. The molecule has 0 aliphatic rings. The number of halogens is 2. The van der Waals surface area contributed by atoms with E-state index in [4.69, 9.17) is 16.3 Å². The van der Waals surface area contributed by atoms with Crippen molar-refractivity contribution < 1.29 is 9.13 Å². The van der Waals surface area contributed by atoms with Crippen LogP contribution in [-0.2, 0) is 4.74 Å². The van der Waals surface area contributed by atoms with Gasteiger partial charge in [0, 0.05) is 17.2 Å². The topological polar surface area (TPSA) is 21.3 Å². The molecule has 0 amide bonds. The van der Waals surface area contributed by atoms with Crippen LogP contribution in [0.4, 0.5) is 4.39 Å². The van der Waals surface area contributed by atoms with E-state index in [1.54, 1.807) is 12.1 Å². The van der Waals surface area contributed by atoms with Crippen LogP contribution in [0.1, 0.15) is 31.9 Å². The summed E-state index contributed by atoms with van der Waals surface area (Å²) in [5.74, 6) is -0.286. The van der Waals surface area contributed by atoms with Gasteiger partial charge in [-0.1, -0.05) is 24.6 Å². The first-order chi connectivity index (χ1) is 8.19. The maximum Gasteiger partial charge on any atom is 0.129 e. The van der Waals surface area contributed by atoms with Gasteiger partial charge in [0.2, 0.25) is 0 Å². The van der Waals surface area contributed by atoms with E-state index in [0.717, 1.165) is 13.0 Å². The number of hydrogen-bond acceptors (Lipinski definition) is 2. The van der Waals surface area contributed by atoms with Crippen molar-refractivity contribution in [2.75, 3.05) is 19.8 Å². The zero-order chi connectivity index (χ0) is 12.7. The van der Waals surface area contributed by atoms with E-state index >= 15 is 0 Å². The Morgan fingerprint density at radius 3 is 2.76 bits per heavy atom. The molecular formula is C13H19ClFNO. The number of benzene rings is 1. The van der Waals surface area contributed by atoms with Crippen LogP contribution in [0.15, 0.2) is 18.2 Å². The van der Waals surface area contributed by atoms with E-state index in [9.17, 15) is 4.39 Å². The summed E-state index contributed by atoms with van der Waals surface area (Å²) in [7, 11) is 0. The standard InChI is InChI=1S/C13H19ClFNO/c1-3-7-16-13(9-17-4-2)11-6-5-10(14)8-12(11)15/h5-6,8,13,16H,3-4,7,9H2,1-2H3. The largest absolute Gasteiger partial charge is 0.380 e. The average molecular weight is 260 g/mol. The van der Waals surface area contributed by atoms with Crippen molar-refractivity contribution in [3.8, 4) is 0 Å². The van der Waals surface area contributed by atoms with E-state index in [2.05, 4.69) is 12.2 Å². The molecule has 0 fully saturated rings. The second kappa shape index (κ2) is 7.64. The molecule has 4 heteroatoms. The molecule has 1 N–H and O–H groups in total. The van der Waals surface area contributed by atoms with Crippen molar-refractivity contribution in [2.24, 2.45) is 0 Å². The van der Waals surface area contributed by atoms with Crippen LogP contribution in [0.2, 0.25) is 5.02 Å². The molecule has 0 radical (unpaired) electrons. The first-order valence-electron chi connectivity index (χ1n) is 5.95. The molecule has 1 unspecified atom stereocenters. The SMILES string of the molecule is CCCNC(COCC)c1ccc(Cl)cc1F. The molecule has 1 aromatic rings. The number of hydrogen-bond donors (Lipinski definition) is 1. The van der Waals surface area contributed by atoms with E-state index in [1.165, 1.54) is 6.07 Å². The van der Waals surface area contributed by atoms with Crippen molar-refractivity contribution in [1.29, 1.82) is 0 Å². The molecule has 0 spiro atoms. The van der Waals surface area contributed by atoms with Crippen LogP contribution in [0.3, 0.4) is 0 Å². The summed E-state index contributed by atoms with van der Waals surface area (Å²) in [6.45, 7) is 5.92. The maximum atomic E-state index is 13.8. The molecule has 0 aromatic heterocycles. The van der Waals surface area contributed by atoms with E-state index in [-0.39, 0.29) is 11.9 Å². The summed E-state index contributed by atoms with van der Waals surface area (Å²) in [6.07, 6.45) is 0.998. The van der Waals surface area contributed by atoms with Crippen LogP contribution in [0.25, 0.3) is 0 Å². The van der Waals surface area contributed by atoms with Gasteiger partial charge in [0.25, 0.3) is 0 Å². The fourth-order valence-corrected chi connectivity index (χ4v) is 1.76. The van der Waals surface area contributed by atoms with Crippen LogP contribution in [0, 0.1) is 5.82 Å². The summed E-state index contributed by atoms with van der Waals surface area (Å²) >= 11 is 5.74. The predicted octanol–water partition coefficient (Wildman–Crippen LogP) is 3.56. The maximum absolute atomic E-state index is 13.8. The molecule has 0 saturated carbocycles. The molecule has 1 atom stereocenters. The Bertz CT molecular complexity index is 338. The Labute approximate surface area is 107 Å². The average Bonchev–Trinajstić information content (AvgIpc) is 2.30. The normalized spacial score (nSPS) is 12.7. The second-order valence-corrected chi connectivity index (χ2v) is 4.27. The molecule has 1 aromatic carbocycles. The minimum absolute atomic E-state index is 0.118. The molecule has 0 saturated heterocycles. The fraction of sp³-hybridized carbons (Fsp3) is 0.538. The highest BCUT2D eigenvalue weighted by Gasteiger charge is 2.15. The summed E-state index contributed by atoms with van der Waals surface area (Å²) in [4.78, 5) is 0. The highest BCUT2D eigenvalue weighted by atomic mass is 35.5. The molecular weight excluding hydrogens is 241 g/mol. The van der Waals surface area contributed by atoms with Gasteiger partial charge < -0.3 is 10.1 Å². The number of nitrogens with one attached hydrogen (secondary N) is 1. The minimum Gasteiger partial charge on any atom is -0.380 e. The Morgan fingerprint density at radius 1 is 1.41 bits per heavy atom. The van der Waals surface area contributed by atoms with Crippen molar-refractivity contribution in [3.63, 3.8) is 0 Å². The van der Waals surface area contributed by atoms with Gasteiger partial charge in [-0.05, 0) is 32.0 Å². The fourth-order valence-electron chi connectivity index (χ4n) is 1.60. The predicted molar refractivity (Wildman–Crippen MR) is 68.9 cm³/mol. The van der Waals surface area contributed by atoms with Crippen LogP contribution in [0.5, 0.6) is 0 Å². The molecule has 0 aliphatic carbocycles. The smallest absolute Gasteiger partial charge is 0.129 e. The van der Waals surface area contributed by atoms with Crippen molar-refractivity contribution >= 4 is 11.6 Å². The summed E-state index contributed by atoms with van der Waals surface area (Å²) < 4.78 is 19.1. The third kappa shape index (κ3) is 4.62. The van der Waals surface area contributed by atoms with Crippen LogP contribution < -0.4 is 5.32 Å². The Balaban J connectivity index is 2.79. The molecule has 0 heterocycles.